The Morgan fingerprint density at radius 1 is 1.29 bits per heavy atom. The monoisotopic (exact) mass is 347 g/mol. The summed E-state index contributed by atoms with van der Waals surface area (Å²) in [7, 11) is 1.58. The van der Waals surface area contributed by atoms with Gasteiger partial charge >= 0.3 is 5.97 Å². The van der Waals surface area contributed by atoms with Crippen molar-refractivity contribution < 1.29 is 18.7 Å². The van der Waals surface area contributed by atoms with E-state index >= 15 is 0 Å². The lowest BCUT2D eigenvalue weighted by Gasteiger charge is -2.00. The van der Waals surface area contributed by atoms with Crippen LogP contribution in [0.3, 0.4) is 0 Å². The number of ether oxygens (including phenoxy) is 2. The van der Waals surface area contributed by atoms with Crippen molar-refractivity contribution in [3.8, 4) is 5.75 Å². The Bertz CT molecular complexity index is 761. The predicted molar refractivity (Wildman–Crippen MR) is 80.0 cm³/mol. The molecule has 1 aliphatic rings. The van der Waals surface area contributed by atoms with Crippen LogP contribution in [0.4, 0.5) is 0 Å². The average molecular weight is 348 g/mol. The number of rotatable bonds is 3. The molecule has 1 aromatic carbocycles. The molecule has 6 heteroatoms. The molecule has 0 unspecified atom stereocenters. The molecule has 2 heterocycles. The molecule has 0 fully saturated rings. The van der Waals surface area contributed by atoms with E-state index in [4.69, 9.17) is 13.9 Å². The van der Waals surface area contributed by atoms with Gasteiger partial charge in [0.25, 0.3) is 5.90 Å². The van der Waals surface area contributed by atoms with Crippen LogP contribution in [0.1, 0.15) is 11.3 Å². The molecule has 0 bridgehead atoms. The molecule has 0 saturated heterocycles. The highest BCUT2D eigenvalue weighted by Crippen LogP contribution is 2.23. The number of aliphatic imine (C=N–C) groups is 1. The summed E-state index contributed by atoms with van der Waals surface area (Å²) in [5.74, 6) is 0.735. The molecule has 5 nitrogen and oxygen atoms in total. The SMILES string of the molecule is COc1cccc(C=C2N=C(c3ccc(Br)o3)OC2=O)c1. The number of hydrogen-bond acceptors (Lipinski definition) is 5. The number of methoxy groups -OCH3 is 1. The van der Waals surface area contributed by atoms with Crippen molar-refractivity contribution in [1.82, 2.24) is 0 Å². The number of halogens is 1. The van der Waals surface area contributed by atoms with E-state index in [0.29, 0.717) is 16.2 Å². The Hall–Kier alpha value is -2.34. The summed E-state index contributed by atoms with van der Waals surface area (Å²) in [4.78, 5) is 16.0. The van der Waals surface area contributed by atoms with Crippen LogP contribution in [0, 0.1) is 0 Å². The highest BCUT2D eigenvalue weighted by molar-refractivity contribution is 9.10. The maximum Gasteiger partial charge on any atom is 0.363 e. The quantitative estimate of drug-likeness (QED) is 0.630. The van der Waals surface area contributed by atoms with E-state index in [-0.39, 0.29) is 11.6 Å². The number of benzene rings is 1. The van der Waals surface area contributed by atoms with Gasteiger partial charge in [-0.3, -0.25) is 0 Å². The van der Waals surface area contributed by atoms with Gasteiger partial charge < -0.3 is 13.9 Å². The number of carbonyl (C=O) groups excluding carboxylic acids is 1. The molecular weight excluding hydrogens is 338 g/mol. The Labute approximate surface area is 129 Å². The van der Waals surface area contributed by atoms with Crippen LogP contribution in [-0.4, -0.2) is 19.0 Å². The summed E-state index contributed by atoms with van der Waals surface area (Å²) >= 11 is 3.19. The van der Waals surface area contributed by atoms with E-state index < -0.39 is 5.97 Å². The van der Waals surface area contributed by atoms with Crippen LogP contribution in [0.15, 0.2) is 56.2 Å². The highest BCUT2D eigenvalue weighted by atomic mass is 79.9. The first kappa shape index (κ1) is 13.6. The predicted octanol–water partition coefficient (Wildman–Crippen LogP) is 3.40. The molecule has 106 valence electrons. The first-order valence-electron chi connectivity index (χ1n) is 6.08. The first-order chi connectivity index (χ1) is 10.2. The lowest BCUT2D eigenvalue weighted by Crippen LogP contribution is -2.04. The Morgan fingerprint density at radius 2 is 2.14 bits per heavy atom. The lowest BCUT2D eigenvalue weighted by molar-refractivity contribution is -0.130. The van der Waals surface area contributed by atoms with E-state index in [1.807, 2.05) is 18.2 Å². The van der Waals surface area contributed by atoms with E-state index in [9.17, 15) is 4.79 Å². The fraction of sp³-hybridized carbons (Fsp3) is 0.0667. The van der Waals surface area contributed by atoms with Crippen LogP contribution in [-0.2, 0) is 9.53 Å². The average Bonchev–Trinajstić information content (AvgIpc) is 3.06. The molecule has 21 heavy (non-hydrogen) atoms. The number of furan rings is 1. The fourth-order valence-corrected chi connectivity index (χ4v) is 2.14. The zero-order valence-electron chi connectivity index (χ0n) is 11.0. The third-order valence-corrected chi connectivity index (χ3v) is 3.23. The van der Waals surface area contributed by atoms with E-state index in [2.05, 4.69) is 20.9 Å². The Balaban J connectivity index is 1.92. The molecule has 0 amide bonds. The molecule has 0 N–H and O–H groups in total. The van der Waals surface area contributed by atoms with Crippen molar-refractivity contribution in [2.75, 3.05) is 7.11 Å². The molecular formula is C15H10BrNO4. The summed E-state index contributed by atoms with van der Waals surface area (Å²) in [6, 6.07) is 10.7. The second kappa shape index (κ2) is 5.57. The summed E-state index contributed by atoms with van der Waals surface area (Å²) in [6.45, 7) is 0. The maximum atomic E-state index is 11.8. The van der Waals surface area contributed by atoms with Crippen LogP contribution < -0.4 is 4.74 Å². The molecule has 0 spiro atoms. The topological polar surface area (TPSA) is 61.0 Å². The minimum absolute atomic E-state index is 0.153. The molecule has 2 aromatic rings. The summed E-state index contributed by atoms with van der Waals surface area (Å²) < 4.78 is 16.1. The number of nitrogens with zero attached hydrogens (tertiary/aromatic N) is 1. The van der Waals surface area contributed by atoms with E-state index in [1.165, 1.54) is 0 Å². The second-order valence-corrected chi connectivity index (χ2v) is 5.00. The van der Waals surface area contributed by atoms with Gasteiger partial charge in [0.1, 0.15) is 5.75 Å². The number of carbonyl (C=O) groups is 1. The van der Waals surface area contributed by atoms with E-state index in [0.717, 1.165) is 5.56 Å². The largest absolute Gasteiger partial charge is 0.497 e. The smallest absolute Gasteiger partial charge is 0.363 e. The number of hydrogen-bond donors (Lipinski definition) is 0. The van der Waals surface area contributed by atoms with Crippen LogP contribution in [0.25, 0.3) is 6.08 Å². The lowest BCUT2D eigenvalue weighted by atomic mass is 10.2. The second-order valence-electron chi connectivity index (χ2n) is 4.22. The minimum atomic E-state index is -0.514. The molecule has 0 aliphatic carbocycles. The molecule has 0 atom stereocenters. The van der Waals surface area contributed by atoms with Crippen molar-refractivity contribution in [1.29, 1.82) is 0 Å². The van der Waals surface area contributed by atoms with Gasteiger partial charge in [0.15, 0.2) is 16.1 Å². The zero-order valence-corrected chi connectivity index (χ0v) is 12.6. The van der Waals surface area contributed by atoms with Gasteiger partial charge in [0, 0.05) is 0 Å². The van der Waals surface area contributed by atoms with Crippen molar-refractivity contribution in [3.05, 3.63) is 58.1 Å². The van der Waals surface area contributed by atoms with E-state index in [1.54, 1.807) is 31.4 Å². The normalized spacial score (nSPS) is 16.0. The zero-order chi connectivity index (χ0) is 14.8. The van der Waals surface area contributed by atoms with Crippen molar-refractivity contribution in [2.45, 2.75) is 0 Å². The van der Waals surface area contributed by atoms with Gasteiger partial charge in [0.05, 0.1) is 7.11 Å². The Morgan fingerprint density at radius 3 is 2.86 bits per heavy atom. The van der Waals surface area contributed by atoms with Gasteiger partial charge in [-0.15, -0.1) is 0 Å². The molecule has 0 saturated carbocycles. The van der Waals surface area contributed by atoms with Crippen LogP contribution in [0.2, 0.25) is 0 Å². The van der Waals surface area contributed by atoms with Gasteiger partial charge in [0.2, 0.25) is 0 Å². The van der Waals surface area contributed by atoms with Crippen LogP contribution >= 0.6 is 15.9 Å². The van der Waals surface area contributed by atoms with Gasteiger partial charge in [-0.1, -0.05) is 12.1 Å². The molecule has 1 aliphatic heterocycles. The van der Waals surface area contributed by atoms with Crippen molar-refractivity contribution >= 4 is 33.9 Å². The fourth-order valence-electron chi connectivity index (χ4n) is 1.83. The molecule has 0 radical (unpaired) electrons. The van der Waals surface area contributed by atoms with Crippen molar-refractivity contribution in [2.24, 2.45) is 4.99 Å². The Kier molecular flexibility index (Phi) is 3.62. The van der Waals surface area contributed by atoms with Gasteiger partial charge in [-0.05, 0) is 51.8 Å². The highest BCUT2D eigenvalue weighted by Gasteiger charge is 2.26. The van der Waals surface area contributed by atoms with Gasteiger partial charge in [-0.25, -0.2) is 9.79 Å². The van der Waals surface area contributed by atoms with Crippen molar-refractivity contribution in [3.63, 3.8) is 0 Å². The first-order valence-corrected chi connectivity index (χ1v) is 6.87. The minimum Gasteiger partial charge on any atom is -0.497 e. The van der Waals surface area contributed by atoms with Crippen LogP contribution in [0.5, 0.6) is 5.75 Å². The van der Waals surface area contributed by atoms with Gasteiger partial charge in [-0.2, -0.15) is 0 Å². The molecule has 1 aromatic heterocycles. The number of cyclic esters (lactones) is 1. The number of esters is 1. The summed E-state index contributed by atoms with van der Waals surface area (Å²) in [5.41, 5.74) is 1.01. The summed E-state index contributed by atoms with van der Waals surface area (Å²) in [5, 5.41) is 0. The standard InChI is InChI=1S/C15H10BrNO4/c1-19-10-4-2-3-9(7-10)8-11-15(18)21-14(17-11)12-5-6-13(16)20-12/h2-8H,1H3. The third-order valence-electron chi connectivity index (χ3n) is 2.80. The maximum absolute atomic E-state index is 11.8. The summed E-state index contributed by atoms with van der Waals surface area (Å²) in [6.07, 6.45) is 1.63. The molecule has 3 rings (SSSR count). The third kappa shape index (κ3) is 2.90.